The van der Waals surface area contributed by atoms with E-state index in [1.54, 1.807) is 6.92 Å². The summed E-state index contributed by atoms with van der Waals surface area (Å²) in [6.45, 7) is 1.88. The maximum atomic E-state index is 10.9. The molecule has 0 aromatic carbocycles. The topological polar surface area (TPSA) is 107 Å². The van der Waals surface area contributed by atoms with Crippen molar-refractivity contribution in [3.63, 3.8) is 0 Å². The summed E-state index contributed by atoms with van der Waals surface area (Å²) in [5, 5.41) is 17.8. The van der Waals surface area contributed by atoms with Crippen LogP contribution in [0.5, 0.6) is 5.88 Å². The standard InChI is InChI=1S/C12H13Cl2N5O3/c1-7-10(19(20)21)11(18-17-7)22-5-3-2-4-9-8(13)6-15-12(14)16-9/h6H,2-5H2,1H3,(H,17,18). The van der Waals surface area contributed by atoms with Crippen LogP contribution in [0.1, 0.15) is 24.2 Å². The van der Waals surface area contributed by atoms with Gasteiger partial charge in [-0.2, -0.15) is 0 Å². The highest BCUT2D eigenvalue weighted by molar-refractivity contribution is 6.31. The second-order valence-electron chi connectivity index (χ2n) is 4.50. The molecule has 0 unspecified atom stereocenters. The van der Waals surface area contributed by atoms with Crippen LogP contribution < -0.4 is 4.74 Å². The van der Waals surface area contributed by atoms with Crippen molar-refractivity contribution < 1.29 is 9.66 Å². The van der Waals surface area contributed by atoms with Crippen LogP contribution >= 0.6 is 23.2 Å². The van der Waals surface area contributed by atoms with Crippen molar-refractivity contribution in [3.05, 3.63) is 38.0 Å². The third-order valence-electron chi connectivity index (χ3n) is 2.90. The number of rotatable bonds is 7. The number of nitro groups is 1. The molecule has 0 bridgehead atoms. The van der Waals surface area contributed by atoms with Gasteiger partial charge in [0, 0.05) is 0 Å². The molecular weight excluding hydrogens is 333 g/mol. The summed E-state index contributed by atoms with van der Waals surface area (Å²) in [6, 6.07) is 0. The Bertz CT molecular complexity index is 677. The highest BCUT2D eigenvalue weighted by Crippen LogP contribution is 2.27. The molecule has 8 nitrogen and oxygen atoms in total. The fraction of sp³-hybridized carbons (Fsp3) is 0.417. The molecule has 2 rings (SSSR count). The molecule has 2 aromatic heterocycles. The Morgan fingerprint density at radius 3 is 2.91 bits per heavy atom. The quantitative estimate of drug-likeness (QED) is 0.357. The summed E-state index contributed by atoms with van der Waals surface area (Å²) in [5.41, 5.74) is 0.899. The minimum atomic E-state index is -0.517. The fourth-order valence-corrected chi connectivity index (χ4v) is 2.17. The first kappa shape index (κ1) is 16.4. The van der Waals surface area contributed by atoms with E-state index in [-0.39, 0.29) is 16.9 Å². The summed E-state index contributed by atoms with van der Waals surface area (Å²) < 4.78 is 5.34. The number of ether oxygens (including phenoxy) is 1. The van der Waals surface area contributed by atoms with E-state index in [9.17, 15) is 10.1 Å². The number of hydrogen-bond acceptors (Lipinski definition) is 6. The molecule has 0 saturated carbocycles. The maximum Gasteiger partial charge on any atom is 0.352 e. The van der Waals surface area contributed by atoms with Gasteiger partial charge in [-0.1, -0.05) is 11.6 Å². The van der Waals surface area contributed by atoms with Crippen molar-refractivity contribution in [3.8, 4) is 5.88 Å². The molecule has 2 aromatic rings. The van der Waals surface area contributed by atoms with Gasteiger partial charge in [0.15, 0.2) is 0 Å². The van der Waals surface area contributed by atoms with Crippen LogP contribution in [0.3, 0.4) is 0 Å². The number of halogens is 2. The zero-order valence-electron chi connectivity index (χ0n) is 11.7. The van der Waals surface area contributed by atoms with Gasteiger partial charge in [-0.15, -0.1) is 5.10 Å². The van der Waals surface area contributed by atoms with Crippen LogP contribution in [-0.2, 0) is 6.42 Å². The highest BCUT2D eigenvalue weighted by Gasteiger charge is 2.22. The van der Waals surface area contributed by atoms with Gasteiger partial charge >= 0.3 is 11.6 Å². The summed E-state index contributed by atoms with van der Waals surface area (Å²) >= 11 is 11.7. The summed E-state index contributed by atoms with van der Waals surface area (Å²) in [6.07, 6.45) is 3.48. The Morgan fingerprint density at radius 2 is 2.18 bits per heavy atom. The molecule has 10 heteroatoms. The summed E-state index contributed by atoms with van der Waals surface area (Å²) in [4.78, 5) is 18.2. The number of unbranched alkanes of at least 4 members (excludes halogenated alkanes) is 1. The molecule has 0 saturated heterocycles. The molecule has 0 spiro atoms. The molecular formula is C12H13Cl2N5O3. The number of hydrogen-bond donors (Lipinski definition) is 1. The van der Waals surface area contributed by atoms with Gasteiger partial charge in [-0.25, -0.2) is 9.97 Å². The Kier molecular flexibility index (Phi) is 5.51. The third-order valence-corrected chi connectivity index (χ3v) is 3.40. The molecule has 0 amide bonds. The number of aromatic nitrogens is 4. The van der Waals surface area contributed by atoms with E-state index in [4.69, 9.17) is 27.9 Å². The smallest absolute Gasteiger partial charge is 0.352 e. The third kappa shape index (κ3) is 4.05. The lowest BCUT2D eigenvalue weighted by atomic mass is 10.2. The van der Waals surface area contributed by atoms with Crippen molar-refractivity contribution in [2.75, 3.05) is 6.61 Å². The summed E-state index contributed by atoms with van der Waals surface area (Å²) in [7, 11) is 0. The Labute approximate surface area is 136 Å². The van der Waals surface area contributed by atoms with Gasteiger partial charge in [0.1, 0.15) is 5.69 Å². The van der Waals surface area contributed by atoms with Crippen molar-refractivity contribution in [2.45, 2.75) is 26.2 Å². The molecule has 1 N–H and O–H groups in total. The Morgan fingerprint density at radius 1 is 1.41 bits per heavy atom. The largest absolute Gasteiger partial charge is 0.472 e. The van der Waals surface area contributed by atoms with E-state index in [1.165, 1.54) is 6.20 Å². The van der Waals surface area contributed by atoms with Crippen LogP contribution in [0.4, 0.5) is 5.69 Å². The first-order valence-electron chi connectivity index (χ1n) is 6.48. The zero-order valence-corrected chi connectivity index (χ0v) is 13.2. The van der Waals surface area contributed by atoms with Gasteiger partial charge in [-0.3, -0.25) is 15.2 Å². The van der Waals surface area contributed by atoms with Gasteiger partial charge < -0.3 is 4.74 Å². The second kappa shape index (κ2) is 7.37. The Hall–Kier alpha value is -1.93. The zero-order chi connectivity index (χ0) is 16.1. The van der Waals surface area contributed by atoms with E-state index in [0.29, 0.717) is 35.9 Å². The van der Waals surface area contributed by atoms with Crippen LogP contribution in [0.15, 0.2) is 6.20 Å². The predicted molar refractivity (Wildman–Crippen MR) is 80.5 cm³/mol. The number of aryl methyl sites for hydroxylation is 2. The molecule has 0 atom stereocenters. The molecule has 0 radical (unpaired) electrons. The van der Waals surface area contributed by atoms with Crippen molar-refractivity contribution in [1.82, 2.24) is 20.2 Å². The van der Waals surface area contributed by atoms with Crippen LogP contribution in [0.2, 0.25) is 10.3 Å². The Balaban J connectivity index is 1.81. The number of nitrogens with one attached hydrogen (secondary N) is 1. The van der Waals surface area contributed by atoms with Crippen LogP contribution in [-0.4, -0.2) is 31.7 Å². The SMILES string of the molecule is Cc1[nH]nc(OCCCCc2nc(Cl)ncc2Cl)c1[N+](=O)[O-]. The first-order chi connectivity index (χ1) is 10.5. The molecule has 118 valence electrons. The maximum absolute atomic E-state index is 10.9. The first-order valence-corrected chi connectivity index (χ1v) is 7.23. The van der Waals surface area contributed by atoms with Crippen LogP contribution in [0.25, 0.3) is 0 Å². The monoisotopic (exact) mass is 345 g/mol. The van der Waals surface area contributed by atoms with Crippen molar-refractivity contribution in [1.29, 1.82) is 0 Å². The summed E-state index contributed by atoms with van der Waals surface area (Å²) in [5.74, 6) is 0.00520. The van der Waals surface area contributed by atoms with E-state index >= 15 is 0 Å². The predicted octanol–water partition coefficient (Wildman–Crippen LogP) is 3.12. The fourth-order valence-electron chi connectivity index (χ4n) is 1.83. The lowest BCUT2D eigenvalue weighted by Gasteiger charge is -2.04. The van der Waals surface area contributed by atoms with Gasteiger partial charge in [0.25, 0.3) is 0 Å². The van der Waals surface area contributed by atoms with E-state index in [0.717, 1.165) is 6.42 Å². The average Bonchev–Trinajstić information content (AvgIpc) is 2.83. The molecule has 22 heavy (non-hydrogen) atoms. The van der Waals surface area contributed by atoms with Crippen molar-refractivity contribution >= 4 is 28.9 Å². The molecule has 0 aliphatic rings. The number of aromatic amines is 1. The van der Waals surface area contributed by atoms with E-state index in [2.05, 4.69) is 20.2 Å². The average molecular weight is 346 g/mol. The molecule has 0 aliphatic heterocycles. The minimum absolute atomic E-state index is 0.00520. The lowest BCUT2D eigenvalue weighted by Crippen LogP contribution is -2.02. The van der Waals surface area contributed by atoms with Crippen LogP contribution in [0, 0.1) is 17.0 Å². The number of nitrogens with zero attached hydrogens (tertiary/aromatic N) is 4. The van der Waals surface area contributed by atoms with Gasteiger partial charge in [0.2, 0.25) is 5.28 Å². The van der Waals surface area contributed by atoms with Gasteiger partial charge in [-0.05, 0) is 37.8 Å². The van der Waals surface area contributed by atoms with Gasteiger partial charge in [0.05, 0.1) is 28.4 Å². The second-order valence-corrected chi connectivity index (χ2v) is 5.24. The number of H-pyrrole nitrogens is 1. The van der Waals surface area contributed by atoms with E-state index in [1.807, 2.05) is 0 Å². The molecule has 2 heterocycles. The molecule has 0 aliphatic carbocycles. The molecule has 0 fully saturated rings. The highest BCUT2D eigenvalue weighted by atomic mass is 35.5. The minimum Gasteiger partial charge on any atom is -0.472 e. The van der Waals surface area contributed by atoms with Crippen molar-refractivity contribution in [2.24, 2.45) is 0 Å². The lowest BCUT2D eigenvalue weighted by molar-refractivity contribution is -0.386. The normalized spacial score (nSPS) is 10.7. The van der Waals surface area contributed by atoms with E-state index < -0.39 is 4.92 Å².